The number of nitrogens with one attached hydrogen (secondary N) is 1. The van der Waals surface area contributed by atoms with Crippen LogP contribution in [0.3, 0.4) is 0 Å². The van der Waals surface area contributed by atoms with E-state index >= 15 is 0 Å². The average molecular weight is 290 g/mol. The van der Waals surface area contributed by atoms with E-state index < -0.39 is 11.9 Å². The maximum Gasteiger partial charge on any atom is 0.317 e. The third kappa shape index (κ3) is 3.54. The van der Waals surface area contributed by atoms with Crippen molar-refractivity contribution in [3.8, 4) is 0 Å². The van der Waals surface area contributed by atoms with Crippen molar-refractivity contribution in [2.75, 3.05) is 13.1 Å². The van der Waals surface area contributed by atoms with E-state index in [4.69, 9.17) is 0 Å². The van der Waals surface area contributed by atoms with Gasteiger partial charge in [-0.2, -0.15) is 0 Å². The smallest absolute Gasteiger partial charge is 0.317 e. The molecule has 21 heavy (non-hydrogen) atoms. The summed E-state index contributed by atoms with van der Waals surface area (Å²) < 4.78 is 0. The summed E-state index contributed by atoms with van der Waals surface area (Å²) in [5.74, 6) is -1.12. The SMILES string of the molecule is CCC(C)CNC(=O)N1Cc2ccccc2C(C(=O)O)C1. The van der Waals surface area contributed by atoms with E-state index in [1.165, 1.54) is 0 Å². The van der Waals surface area contributed by atoms with Gasteiger partial charge in [0.25, 0.3) is 0 Å². The maximum atomic E-state index is 12.2. The van der Waals surface area contributed by atoms with Crippen LogP contribution in [0.25, 0.3) is 0 Å². The van der Waals surface area contributed by atoms with E-state index in [9.17, 15) is 14.7 Å². The van der Waals surface area contributed by atoms with E-state index in [1.807, 2.05) is 24.3 Å². The molecule has 0 saturated heterocycles. The van der Waals surface area contributed by atoms with Crippen LogP contribution in [0.2, 0.25) is 0 Å². The molecule has 0 saturated carbocycles. The van der Waals surface area contributed by atoms with E-state index in [2.05, 4.69) is 19.2 Å². The number of carbonyl (C=O) groups is 2. The molecule has 2 atom stereocenters. The fourth-order valence-electron chi connectivity index (χ4n) is 2.49. The number of amides is 2. The van der Waals surface area contributed by atoms with Crippen molar-refractivity contribution in [1.29, 1.82) is 0 Å². The highest BCUT2D eigenvalue weighted by molar-refractivity contribution is 5.80. The summed E-state index contributed by atoms with van der Waals surface area (Å²) in [4.78, 5) is 25.2. The minimum absolute atomic E-state index is 0.184. The third-order valence-corrected chi connectivity index (χ3v) is 4.08. The Hall–Kier alpha value is -2.04. The van der Waals surface area contributed by atoms with Gasteiger partial charge >= 0.3 is 12.0 Å². The summed E-state index contributed by atoms with van der Waals surface area (Å²) >= 11 is 0. The molecule has 0 bridgehead atoms. The molecule has 1 aromatic rings. The molecular weight excluding hydrogens is 268 g/mol. The van der Waals surface area contributed by atoms with Crippen LogP contribution in [-0.2, 0) is 11.3 Å². The number of hydrogen-bond acceptors (Lipinski definition) is 2. The van der Waals surface area contributed by atoms with Crippen LogP contribution in [-0.4, -0.2) is 35.1 Å². The van der Waals surface area contributed by atoms with Crippen LogP contribution in [0.15, 0.2) is 24.3 Å². The van der Waals surface area contributed by atoms with Gasteiger partial charge in [0.2, 0.25) is 0 Å². The number of hydrogen-bond donors (Lipinski definition) is 2. The first-order chi connectivity index (χ1) is 10.0. The van der Waals surface area contributed by atoms with Crippen molar-refractivity contribution >= 4 is 12.0 Å². The number of urea groups is 1. The number of nitrogens with zero attached hydrogens (tertiary/aromatic N) is 1. The molecule has 1 aliphatic rings. The third-order valence-electron chi connectivity index (χ3n) is 4.08. The van der Waals surface area contributed by atoms with Gasteiger partial charge in [-0.3, -0.25) is 4.79 Å². The van der Waals surface area contributed by atoms with Gasteiger partial charge in [0.05, 0.1) is 5.92 Å². The average Bonchev–Trinajstić information content (AvgIpc) is 2.50. The van der Waals surface area contributed by atoms with Crippen molar-refractivity contribution in [2.45, 2.75) is 32.7 Å². The van der Waals surface area contributed by atoms with Gasteiger partial charge in [-0.05, 0) is 17.0 Å². The lowest BCUT2D eigenvalue weighted by molar-refractivity contribution is -0.139. The van der Waals surface area contributed by atoms with E-state index in [1.54, 1.807) is 4.90 Å². The molecule has 5 heteroatoms. The monoisotopic (exact) mass is 290 g/mol. The molecule has 2 amide bonds. The van der Waals surface area contributed by atoms with Crippen LogP contribution in [0.1, 0.15) is 37.3 Å². The Kier molecular flexibility index (Phi) is 4.83. The predicted molar refractivity (Wildman–Crippen MR) is 80.1 cm³/mol. The number of aliphatic carboxylic acids is 1. The molecular formula is C16H22N2O3. The predicted octanol–water partition coefficient (Wildman–Crippen LogP) is 2.43. The minimum Gasteiger partial charge on any atom is -0.481 e. The van der Waals surface area contributed by atoms with Crippen LogP contribution in [0.5, 0.6) is 0 Å². The molecule has 1 aromatic carbocycles. The lowest BCUT2D eigenvalue weighted by Gasteiger charge is -2.33. The Morgan fingerprint density at radius 1 is 1.43 bits per heavy atom. The maximum absolute atomic E-state index is 12.2. The zero-order valence-electron chi connectivity index (χ0n) is 12.5. The van der Waals surface area contributed by atoms with Gasteiger partial charge in [0.15, 0.2) is 0 Å². The van der Waals surface area contributed by atoms with Crippen molar-refractivity contribution in [3.05, 3.63) is 35.4 Å². The lowest BCUT2D eigenvalue weighted by atomic mass is 9.90. The second-order valence-electron chi connectivity index (χ2n) is 5.67. The molecule has 0 spiro atoms. The summed E-state index contributed by atoms with van der Waals surface area (Å²) in [5, 5.41) is 12.3. The van der Waals surface area contributed by atoms with E-state index in [0.717, 1.165) is 17.5 Å². The molecule has 2 unspecified atom stereocenters. The van der Waals surface area contributed by atoms with Crippen molar-refractivity contribution < 1.29 is 14.7 Å². The van der Waals surface area contributed by atoms with Crippen LogP contribution in [0.4, 0.5) is 4.79 Å². The fraction of sp³-hybridized carbons (Fsp3) is 0.500. The van der Waals surface area contributed by atoms with Crippen molar-refractivity contribution in [1.82, 2.24) is 10.2 Å². The van der Waals surface area contributed by atoms with E-state index in [0.29, 0.717) is 19.0 Å². The zero-order chi connectivity index (χ0) is 15.4. The van der Waals surface area contributed by atoms with Crippen molar-refractivity contribution in [3.63, 3.8) is 0 Å². The first-order valence-electron chi connectivity index (χ1n) is 7.36. The zero-order valence-corrected chi connectivity index (χ0v) is 12.5. The van der Waals surface area contributed by atoms with Crippen LogP contribution >= 0.6 is 0 Å². The van der Waals surface area contributed by atoms with Crippen LogP contribution < -0.4 is 5.32 Å². The van der Waals surface area contributed by atoms with Crippen molar-refractivity contribution in [2.24, 2.45) is 5.92 Å². The Bertz CT molecular complexity index is 530. The molecule has 0 fully saturated rings. The number of carbonyl (C=O) groups excluding carboxylic acids is 1. The molecule has 0 radical (unpaired) electrons. The Labute approximate surface area is 125 Å². The number of benzene rings is 1. The number of rotatable bonds is 4. The lowest BCUT2D eigenvalue weighted by Crippen LogP contribution is -2.46. The fourth-order valence-corrected chi connectivity index (χ4v) is 2.49. The molecule has 114 valence electrons. The highest BCUT2D eigenvalue weighted by atomic mass is 16.4. The van der Waals surface area contributed by atoms with Gasteiger partial charge in [-0.1, -0.05) is 44.5 Å². The molecule has 1 heterocycles. The van der Waals surface area contributed by atoms with Gasteiger partial charge in [0, 0.05) is 19.6 Å². The highest BCUT2D eigenvalue weighted by Gasteiger charge is 2.32. The van der Waals surface area contributed by atoms with Gasteiger partial charge < -0.3 is 15.3 Å². The van der Waals surface area contributed by atoms with E-state index in [-0.39, 0.29) is 12.6 Å². The quantitative estimate of drug-likeness (QED) is 0.894. The van der Waals surface area contributed by atoms with Gasteiger partial charge in [-0.15, -0.1) is 0 Å². The molecule has 2 rings (SSSR count). The van der Waals surface area contributed by atoms with Gasteiger partial charge in [0.1, 0.15) is 0 Å². The first kappa shape index (κ1) is 15.4. The molecule has 1 aliphatic heterocycles. The Balaban J connectivity index is 2.10. The number of fused-ring (bicyclic) bond motifs is 1. The summed E-state index contributed by atoms with van der Waals surface area (Å²) in [6, 6.07) is 7.25. The standard InChI is InChI=1S/C16H22N2O3/c1-3-11(2)8-17-16(21)18-9-12-6-4-5-7-13(12)14(10-18)15(19)20/h4-7,11,14H,3,8-10H2,1-2H3,(H,17,21)(H,19,20). The minimum atomic E-state index is -0.887. The normalized spacial score (nSPS) is 18.8. The molecule has 2 N–H and O–H groups in total. The summed E-state index contributed by atoms with van der Waals surface area (Å²) in [5.41, 5.74) is 1.73. The Morgan fingerprint density at radius 3 is 2.81 bits per heavy atom. The second-order valence-corrected chi connectivity index (χ2v) is 5.67. The summed E-state index contributed by atoms with van der Waals surface area (Å²) in [6.45, 7) is 5.45. The number of carboxylic acid groups (broad SMARTS) is 1. The highest BCUT2D eigenvalue weighted by Crippen LogP contribution is 2.28. The second kappa shape index (κ2) is 6.61. The summed E-state index contributed by atoms with van der Waals surface area (Å²) in [7, 11) is 0. The largest absolute Gasteiger partial charge is 0.481 e. The molecule has 0 aromatic heterocycles. The summed E-state index contributed by atoms with van der Waals surface area (Å²) in [6.07, 6.45) is 1.00. The topological polar surface area (TPSA) is 69.6 Å². The van der Waals surface area contributed by atoms with Gasteiger partial charge in [-0.25, -0.2) is 4.79 Å². The first-order valence-corrected chi connectivity index (χ1v) is 7.36. The Morgan fingerprint density at radius 2 is 2.14 bits per heavy atom. The van der Waals surface area contributed by atoms with Crippen LogP contribution in [0, 0.1) is 5.92 Å². The molecule has 5 nitrogen and oxygen atoms in total. The molecule has 0 aliphatic carbocycles. The number of carboxylic acids is 1.